The Balaban J connectivity index is 1.26. The molecule has 0 saturated carbocycles. The third-order valence-electron chi connectivity index (χ3n) is 6.62. The van der Waals surface area contributed by atoms with Crippen LogP contribution < -0.4 is 0 Å². The zero-order valence-corrected chi connectivity index (χ0v) is 16.4. The number of allylic oxidation sites excluding steroid dienone is 1. The average molecular weight is 387 g/mol. The van der Waals surface area contributed by atoms with Crippen molar-refractivity contribution in [3.63, 3.8) is 0 Å². The van der Waals surface area contributed by atoms with E-state index in [4.69, 9.17) is 4.74 Å². The molecule has 2 aromatic rings. The number of ether oxygens (including phenoxy) is 1. The fourth-order valence-electron chi connectivity index (χ4n) is 5.23. The maximum absolute atomic E-state index is 13.3. The van der Waals surface area contributed by atoms with Gasteiger partial charge < -0.3 is 9.64 Å². The molecular weight excluding hydrogens is 362 g/mol. The molecule has 2 aliphatic heterocycles. The van der Waals surface area contributed by atoms with Crippen molar-refractivity contribution in [2.75, 3.05) is 0 Å². The van der Waals surface area contributed by atoms with E-state index in [1.165, 1.54) is 5.56 Å². The quantitative estimate of drug-likeness (QED) is 0.692. The number of hydrogen-bond donors (Lipinski definition) is 0. The second-order valence-corrected chi connectivity index (χ2v) is 8.34. The first-order chi connectivity index (χ1) is 14.2. The molecule has 1 amide bonds. The van der Waals surface area contributed by atoms with Gasteiger partial charge in [0.05, 0.1) is 0 Å². The van der Waals surface area contributed by atoms with Crippen LogP contribution in [-0.2, 0) is 17.8 Å². The molecule has 5 rings (SSSR count). The molecule has 2 unspecified atom stereocenters. The molecule has 2 atom stereocenters. The van der Waals surface area contributed by atoms with Gasteiger partial charge in [0.1, 0.15) is 6.61 Å². The fraction of sp³-hybridized carbons (Fsp3) is 0.360. The number of rotatable bonds is 4. The van der Waals surface area contributed by atoms with Gasteiger partial charge in [-0.3, -0.25) is 4.79 Å². The number of piperidine rings is 1. The number of Topliss-reactive ketones (excluding diaryl/α,β-unsaturated/α-hetero) is 1. The molecule has 4 nitrogen and oxygen atoms in total. The first-order valence-electron chi connectivity index (χ1n) is 10.5. The topological polar surface area (TPSA) is 46.6 Å². The van der Waals surface area contributed by atoms with E-state index in [0.29, 0.717) is 6.61 Å². The molecule has 2 heterocycles. The molecule has 2 saturated heterocycles. The first-order valence-corrected chi connectivity index (χ1v) is 10.5. The Labute approximate surface area is 171 Å². The predicted molar refractivity (Wildman–Crippen MR) is 112 cm³/mol. The van der Waals surface area contributed by atoms with E-state index in [0.717, 1.165) is 48.8 Å². The summed E-state index contributed by atoms with van der Waals surface area (Å²) in [6.07, 6.45) is 8.23. The van der Waals surface area contributed by atoms with Crippen LogP contribution in [0.2, 0.25) is 0 Å². The van der Waals surface area contributed by atoms with Crippen LogP contribution in [0.1, 0.15) is 52.7 Å². The lowest BCUT2D eigenvalue weighted by Gasteiger charge is -2.37. The third-order valence-corrected chi connectivity index (χ3v) is 6.62. The molecule has 4 heteroatoms. The molecule has 0 spiro atoms. The molecule has 3 aliphatic rings. The standard InChI is InChI=1S/C25H25NO3/c27-24(23-11-5-9-18-8-4-10-22(18)23)19-14-20-12-13-21(15-19)26(20)25(28)29-16-17-6-2-1-3-7-17/h1-9,11,19-21H,10,12-16H2. The molecule has 2 fully saturated rings. The number of hydrogen-bond acceptors (Lipinski definition) is 3. The number of nitrogens with zero attached hydrogens (tertiary/aromatic N) is 1. The Kier molecular flexibility index (Phi) is 4.70. The minimum Gasteiger partial charge on any atom is -0.445 e. The molecule has 1 aliphatic carbocycles. The van der Waals surface area contributed by atoms with E-state index in [2.05, 4.69) is 18.2 Å². The van der Waals surface area contributed by atoms with Crippen LogP contribution in [0.4, 0.5) is 4.79 Å². The Morgan fingerprint density at radius 3 is 2.48 bits per heavy atom. The molecule has 2 bridgehead atoms. The largest absolute Gasteiger partial charge is 0.445 e. The Hall–Kier alpha value is -2.88. The smallest absolute Gasteiger partial charge is 0.410 e. The van der Waals surface area contributed by atoms with Gasteiger partial charge in [0, 0.05) is 23.6 Å². The van der Waals surface area contributed by atoms with E-state index >= 15 is 0 Å². The van der Waals surface area contributed by atoms with Gasteiger partial charge >= 0.3 is 6.09 Å². The van der Waals surface area contributed by atoms with Gasteiger partial charge in [-0.25, -0.2) is 4.79 Å². The van der Waals surface area contributed by atoms with Crippen LogP contribution in [0.25, 0.3) is 6.08 Å². The van der Waals surface area contributed by atoms with Crippen molar-refractivity contribution in [3.8, 4) is 0 Å². The van der Waals surface area contributed by atoms with Crippen molar-refractivity contribution in [2.24, 2.45) is 5.92 Å². The van der Waals surface area contributed by atoms with Crippen molar-refractivity contribution >= 4 is 18.0 Å². The number of benzene rings is 2. The highest BCUT2D eigenvalue weighted by atomic mass is 16.6. The molecular formula is C25H25NO3. The number of carbonyl (C=O) groups is 2. The highest BCUT2D eigenvalue weighted by Crippen LogP contribution is 2.41. The van der Waals surface area contributed by atoms with E-state index in [1.54, 1.807) is 0 Å². The number of fused-ring (bicyclic) bond motifs is 3. The Morgan fingerprint density at radius 1 is 0.966 bits per heavy atom. The summed E-state index contributed by atoms with van der Waals surface area (Å²) in [4.78, 5) is 28.0. The van der Waals surface area contributed by atoms with Crippen LogP contribution in [0.3, 0.4) is 0 Å². The third kappa shape index (κ3) is 3.37. The summed E-state index contributed by atoms with van der Waals surface area (Å²) >= 11 is 0. The van der Waals surface area contributed by atoms with E-state index in [9.17, 15) is 9.59 Å². The second kappa shape index (κ2) is 7.51. The molecule has 29 heavy (non-hydrogen) atoms. The summed E-state index contributed by atoms with van der Waals surface area (Å²) in [5.74, 6) is 0.248. The highest BCUT2D eigenvalue weighted by Gasteiger charge is 2.46. The molecule has 0 N–H and O–H groups in total. The van der Waals surface area contributed by atoms with Crippen LogP contribution in [0, 0.1) is 5.92 Å². The Morgan fingerprint density at radius 2 is 1.72 bits per heavy atom. The van der Waals surface area contributed by atoms with Gasteiger partial charge in [0.2, 0.25) is 0 Å². The zero-order valence-electron chi connectivity index (χ0n) is 16.4. The molecule has 0 aromatic heterocycles. The fourth-order valence-corrected chi connectivity index (χ4v) is 5.23. The Bertz CT molecular complexity index is 951. The van der Waals surface area contributed by atoms with Crippen molar-refractivity contribution in [1.29, 1.82) is 0 Å². The van der Waals surface area contributed by atoms with E-state index in [1.807, 2.05) is 47.4 Å². The first kappa shape index (κ1) is 18.2. The van der Waals surface area contributed by atoms with E-state index in [-0.39, 0.29) is 29.9 Å². The summed E-state index contributed by atoms with van der Waals surface area (Å²) in [7, 11) is 0. The molecule has 148 valence electrons. The lowest BCUT2D eigenvalue weighted by atomic mass is 9.83. The summed E-state index contributed by atoms with van der Waals surface area (Å²) in [5, 5.41) is 0. The van der Waals surface area contributed by atoms with Gasteiger partial charge in [-0.2, -0.15) is 0 Å². The predicted octanol–water partition coefficient (Wildman–Crippen LogP) is 5.02. The maximum atomic E-state index is 13.3. The number of carbonyl (C=O) groups excluding carboxylic acids is 2. The highest BCUT2D eigenvalue weighted by molar-refractivity contribution is 6.00. The maximum Gasteiger partial charge on any atom is 0.410 e. The van der Waals surface area contributed by atoms with Gasteiger partial charge in [-0.15, -0.1) is 0 Å². The normalized spacial score (nSPS) is 24.4. The monoisotopic (exact) mass is 387 g/mol. The van der Waals surface area contributed by atoms with Crippen molar-refractivity contribution < 1.29 is 14.3 Å². The SMILES string of the molecule is O=C(c1cccc2c1CC=C2)C1CC2CCC(C1)N2C(=O)OCc1ccccc1. The van der Waals surface area contributed by atoms with Crippen LogP contribution in [0.5, 0.6) is 0 Å². The molecule has 2 aromatic carbocycles. The van der Waals surface area contributed by atoms with Crippen molar-refractivity contribution in [2.45, 2.75) is 50.8 Å². The molecule has 0 radical (unpaired) electrons. The van der Waals surface area contributed by atoms with Crippen LogP contribution in [0.15, 0.2) is 54.6 Å². The van der Waals surface area contributed by atoms with Gasteiger partial charge in [-0.05, 0) is 48.8 Å². The summed E-state index contributed by atoms with van der Waals surface area (Å²) in [5.41, 5.74) is 4.19. The van der Waals surface area contributed by atoms with Gasteiger partial charge in [-0.1, -0.05) is 60.7 Å². The lowest BCUT2D eigenvalue weighted by Crippen LogP contribution is -2.48. The minimum atomic E-state index is -0.239. The van der Waals surface area contributed by atoms with E-state index < -0.39 is 0 Å². The lowest BCUT2D eigenvalue weighted by molar-refractivity contribution is 0.0485. The van der Waals surface area contributed by atoms with Gasteiger partial charge in [0.15, 0.2) is 5.78 Å². The van der Waals surface area contributed by atoms with Crippen molar-refractivity contribution in [3.05, 3.63) is 76.9 Å². The van der Waals surface area contributed by atoms with Gasteiger partial charge in [0.25, 0.3) is 0 Å². The summed E-state index contributed by atoms with van der Waals surface area (Å²) in [6.45, 7) is 0.293. The zero-order chi connectivity index (χ0) is 19.8. The van der Waals surface area contributed by atoms with Crippen LogP contribution >= 0.6 is 0 Å². The second-order valence-electron chi connectivity index (χ2n) is 8.34. The van der Waals surface area contributed by atoms with Crippen LogP contribution in [-0.4, -0.2) is 28.9 Å². The average Bonchev–Trinajstić information content (AvgIpc) is 3.34. The van der Waals surface area contributed by atoms with Crippen molar-refractivity contribution in [1.82, 2.24) is 4.90 Å². The summed E-state index contributed by atoms with van der Waals surface area (Å²) in [6, 6.07) is 16.0. The minimum absolute atomic E-state index is 0.00206. The number of ketones is 1. The summed E-state index contributed by atoms with van der Waals surface area (Å²) < 4.78 is 5.58. The number of amides is 1.